The Balaban J connectivity index is 1.94. The van der Waals surface area contributed by atoms with Crippen LogP contribution in [0.5, 0.6) is 5.75 Å². The van der Waals surface area contributed by atoms with Gasteiger partial charge in [-0.1, -0.05) is 12.1 Å². The van der Waals surface area contributed by atoms with Crippen molar-refractivity contribution >= 4 is 5.91 Å². The average molecular weight is 249 g/mol. The number of ether oxygens (including phenoxy) is 1. The molecule has 0 bridgehead atoms. The second-order valence-corrected chi connectivity index (χ2v) is 4.79. The molecule has 1 amide bonds. The summed E-state index contributed by atoms with van der Waals surface area (Å²) in [5.41, 5.74) is 0.780. The fourth-order valence-electron chi connectivity index (χ4n) is 1.65. The molecule has 1 fully saturated rings. The number of carbonyl (C=O) groups excluding carboxylic acids is 1. The summed E-state index contributed by atoms with van der Waals surface area (Å²) in [5.74, 6) is 0.520. The number of hydrogen-bond acceptors (Lipinski definition) is 3. The number of carbonyl (C=O) groups is 1. The molecule has 2 atom stereocenters. The van der Waals surface area contributed by atoms with E-state index in [-0.39, 0.29) is 5.91 Å². The summed E-state index contributed by atoms with van der Waals surface area (Å²) in [6, 6.07) is 7.51. The van der Waals surface area contributed by atoms with Gasteiger partial charge in [-0.15, -0.1) is 0 Å². The van der Waals surface area contributed by atoms with E-state index in [0.717, 1.165) is 18.4 Å². The first kappa shape index (κ1) is 12.9. The van der Waals surface area contributed by atoms with Gasteiger partial charge in [0.2, 0.25) is 0 Å². The Hall–Kier alpha value is -1.55. The third-order valence-corrected chi connectivity index (χ3v) is 2.95. The van der Waals surface area contributed by atoms with Gasteiger partial charge < -0.3 is 15.2 Å². The van der Waals surface area contributed by atoms with E-state index in [1.54, 1.807) is 26.0 Å². The van der Waals surface area contributed by atoms with E-state index in [2.05, 4.69) is 5.32 Å². The molecular formula is C14H19NO3. The van der Waals surface area contributed by atoms with E-state index in [0.29, 0.717) is 11.8 Å². The SMILES string of the molecule is CC(Oc1cccc(C(C)O)c1)C(=O)NC1CC1. The third-order valence-electron chi connectivity index (χ3n) is 2.95. The van der Waals surface area contributed by atoms with Crippen molar-refractivity contribution in [1.82, 2.24) is 5.32 Å². The summed E-state index contributed by atoms with van der Waals surface area (Å²) < 4.78 is 5.57. The fraction of sp³-hybridized carbons (Fsp3) is 0.500. The average Bonchev–Trinajstić information content (AvgIpc) is 3.13. The normalized spacial score (nSPS) is 17.9. The maximum atomic E-state index is 11.7. The van der Waals surface area contributed by atoms with Gasteiger partial charge in [0.15, 0.2) is 6.10 Å². The second kappa shape index (κ2) is 5.40. The van der Waals surface area contributed by atoms with Crippen LogP contribution in [0.25, 0.3) is 0 Å². The van der Waals surface area contributed by atoms with E-state index in [4.69, 9.17) is 4.74 Å². The number of benzene rings is 1. The lowest BCUT2D eigenvalue weighted by Crippen LogP contribution is -2.37. The summed E-state index contributed by atoms with van der Waals surface area (Å²) in [7, 11) is 0. The standard InChI is InChI=1S/C14H19NO3/c1-9(16)11-4-3-5-13(8-11)18-10(2)14(17)15-12-6-7-12/h3-5,8-10,12,16H,6-7H2,1-2H3,(H,15,17). The zero-order valence-electron chi connectivity index (χ0n) is 10.7. The van der Waals surface area contributed by atoms with Crippen LogP contribution in [0.3, 0.4) is 0 Å². The molecular weight excluding hydrogens is 230 g/mol. The molecule has 0 spiro atoms. The van der Waals surface area contributed by atoms with Crippen LogP contribution in [0, 0.1) is 0 Å². The van der Waals surface area contributed by atoms with Crippen LogP contribution in [-0.2, 0) is 4.79 Å². The van der Waals surface area contributed by atoms with Crippen molar-refractivity contribution in [2.24, 2.45) is 0 Å². The molecule has 0 radical (unpaired) electrons. The number of amides is 1. The molecule has 98 valence electrons. The number of rotatable bonds is 5. The molecule has 4 heteroatoms. The minimum Gasteiger partial charge on any atom is -0.481 e. The van der Waals surface area contributed by atoms with Crippen LogP contribution in [0.15, 0.2) is 24.3 Å². The first-order valence-corrected chi connectivity index (χ1v) is 6.31. The molecule has 2 unspecified atom stereocenters. The minimum atomic E-state index is -0.538. The summed E-state index contributed by atoms with van der Waals surface area (Å²) in [4.78, 5) is 11.7. The summed E-state index contributed by atoms with van der Waals surface area (Å²) in [6.07, 6.45) is 1.07. The molecule has 0 aromatic heterocycles. The highest BCUT2D eigenvalue weighted by Gasteiger charge is 2.26. The molecule has 1 aliphatic carbocycles. The largest absolute Gasteiger partial charge is 0.481 e. The maximum Gasteiger partial charge on any atom is 0.260 e. The van der Waals surface area contributed by atoms with E-state index >= 15 is 0 Å². The topological polar surface area (TPSA) is 58.6 Å². The molecule has 1 aliphatic rings. The third kappa shape index (κ3) is 3.47. The van der Waals surface area contributed by atoms with Crippen LogP contribution in [0.4, 0.5) is 0 Å². The van der Waals surface area contributed by atoms with Gasteiger partial charge >= 0.3 is 0 Å². The molecule has 1 aromatic carbocycles. The lowest BCUT2D eigenvalue weighted by Gasteiger charge is -2.15. The number of aliphatic hydroxyl groups is 1. The Bertz CT molecular complexity index is 427. The van der Waals surface area contributed by atoms with Gasteiger partial charge in [0.25, 0.3) is 5.91 Å². The molecule has 0 heterocycles. The predicted octanol–water partition coefficient (Wildman–Crippen LogP) is 1.79. The smallest absolute Gasteiger partial charge is 0.260 e. The molecule has 4 nitrogen and oxygen atoms in total. The summed E-state index contributed by atoms with van der Waals surface area (Å²) in [5, 5.41) is 12.4. The van der Waals surface area contributed by atoms with Crippen molar-refractivity contribution in [3.05, 3.63) is 29.8 Å². The summed E-state index contributed by atoms with van der Waals surface area (Å²) >= 11 is 0. The van der Waals surface area contributed by atoms with Gasteiger partial charge in [0.05, 0.1) is 6.10 Å². The first-order valence-electron chi connectivity index (χ1n) is 6.31. The number of nitrogens with one attached hydrogen (secondary N) is 1. The number of aliphatic hydroxyl groups excluding tert-OH is 1. The molecule has 2 N–H and O–H groups in total. The van der Waals surface area contributed by atoms with Crippen molar-refractivity contribution in [2.75, 3.05) is 0 Å². The van der Waals surface area contributed by atoms with Crippen molar-refractivity contribution < 1.29 is 14.6 Å². The van der Waals surface area contributed by atoms with Crippen molar-refractivity contribution in [1.29, 1.82) is 0 Å². The van der Waals surface area contributed by atoms with Gasteiger partial charge in [-0.05, 0) is 44.4 Å². The summed E-state index contributed by atoms with van der Waals surface area (Å²) in [6.45, 7) is 3.43. The van der Waals surface area contributed by atoms with Gasteiger partial charge in [0, 0.05) is 6.04 Å². The molecule has 18 heavy (non-hydrogen) atoms. The van der Waals surface area contributed by atoms with Crippen LogP contribution >= 0.6 is 0 Å². The van der Waals surface area contributed by atoms with Crippen LogP contribution in [-0.4, -0.2) is 23.2 Å². The highest BCUT2D eigenvalue weighted by molar-refractivity contribution is 5.81. The zero-order valence-corrected chi connectivity index (χ0v) is 10.7. The van der Waals surface area contributed by atoms with Crippen molar-refractivity contribution in [3.63, 3.8) is 0 Å². The molecule has 2 rings (SSSR count). The predicted molar refractivity (Wildman–Crippen MR) is 68.3 cm³/mol. The van der Waals surface area contributed by atoms with E-state index in [1.807, 2.05) is 12.1 Å². The molecule has 1 aromatic rings. The Morgan fingerprint density at radius 1 is 1.44 bits per heavy atom. The quantitative estimate of drug-likeness (QED) is 0.836. The Labute approximate surface area is 107 Å². The van der Waals surface area contributed by atoms with Crippen LogP contribution in [0.2, 0.25) is 0 Å². The highest BCUT2D eigenvalue weighted by Crippen LogP contribution is 2.21. The lowest BCUT2D eigenvalue weighted by atomic mass is 10.1. The minimum absolute atomic E-state index is 0.0834. The molecule has 0 saturated heterocycles. The Morgan fingerprint density at radius 3 is 2.78 bits per heavy atom. The van der Waals surface area contributed by atoms with Crippen molar-refractivity contribution in [3.8, 4) is 5.75 Å². The van der Waals surface area contributed by atoms with E-state index < -0.39 is 12.2 Å². The second-order valence-electron chi connectivity index (χ2n) is 4.79. The zero-order chi connectivity index (χ0) is 13.1. The van der Waals surface area contributed by atoms with E-state index in [9.17, 15) is 9.90 Å². The lowest BCUT2D eigenvalue weighted by molar-refractivity contribution is -0.127. The van der Waals surface area contributed by atoms with Gasteiger partial charge in [0.1, 0.15) is 5.75 Å². The van der Waals surface area contributed by atoms with Crippen molar-refractivity contribution in [2.45, 2.75) is 44.9 Å². The van der Waals surface area contributed by atoms with Gasteiger partial charge in [-0.25, -0.2) is 0 Å². The fourth-order valence-corrected chi connectivity index (χ4v) is 1.65. The van der Waals surface area contributed by atoms with Crippen LogP contribution < -0.4 is 10.1 Å². The van der Waals surface area contributed by atoms with E-state index in [1.165, 1.54) is 0 Å². The monoisotopic (exact) mass is 249 g/mol. The molecule has 0 aliphatic heterocycles. The van der Waals surface area contributed by atoms with Gasteiger partial charge in [-0.3, -0.25) is 4.79 Å². The highest BCUT2D eigenvalue weighted by atomic mass is 16.5. The maximum absolute atomic E-state index is 11.7. The van der Waals surface area contributed by atoms with Gasteiger partial charge in [-0.2, -0.15) is 0 Å². The Kier molecular flexibility index (Phi) is 3.87. The molecule has 1 saturated carbocycles. The first-order chi connectivity index (χ1) is 8.56. The Morgan fingerprint density at radius 2 is 2.17 bits per heavy atom. The van der Waals surface area contributed by atoms with Crippen LogP contribution in [0.1, 0.15) is 38.4 Å². The number of hydrogen-bond donors (Lipinski definition) is 2.